The Morgan fingerprint density at radius 3 is 2.57 bits per heavy atom. The van der Waals surface area contributed by atoms with Gasteiger partial charge in [0.15, 0.2) is 0 Å². The van der Waals surface area contributed by atoms with Crippen LogP contribution in [0.2, 0.25) is 0 Å². The Labute approximate surface area is 167 Å². The summed E-state index contributed by atoms with van der Waals surface area (Å²) in [5, 5.41) is 0. The minimum Gasteiger partial charge on any atom is -0.458 e. The molecular formula is C24H30O4. The van der Waals surface area contributed by atoms with Crippen molar-refractivity contribution in [3.05, 3.63) is 35.1 Å². The van der Waals surface area contributed by atoms with Gasteiger partial charge in [0.25, 0.3) is 0 Å². The lowest BCUT2D eigenvalue weighted by molar-refractivity contribution is -0.160. The first-order valence-electron chi connectivity index (χ1n) is 10.8. The average Bonchev–Trinajstić information content (AvgIpc) is 3.16. The van der Waals surface area contributed by atoms with Crippen molar-refractivity contribution in [3.63, 3.8) is 0 Å². The molecule has 5 atom stereocenters. The van der Waals surface area contributed by atoms with Gasteiger partial charge in [0.1, 0.15) is 11.4 Å². The van der Waals surface area contributed by atoms with E-state index in [0.717, 1.165) is 50.7 Å². The van der Waals surface area contributed by atoms with E-state index in [-0.39, 0.29) is 28.4 Å². The van der Waals surface area contributed by atoms with Crippen LogP contribution in [0.4, 0.5) is 0 Å². The van der Waals surface area contributed by atoms with E-state index in [4.69, 9.17) is 9.47 Å². The molecule has 0 aromatic carbocycles. The number of fused-ring (bicyclic) bond motifs is 6. The van der Waals surface area contributed by atoms with Crippen LogP contribution in [-0.4, -0.2) is 17.5 Å². The molecule has 1 heterocycles. The highest BCUT2D eigenvalue weighted by atomic mass is 16.6. The predicted molar refractivity (Wildman–Crippen MR) is 105 cm³/mol. The van der Waals surface area contributed by atoms with Crippen molar-refractivity contribution in [1.29, 1.82) is 0 Å². The highest BCUT2D eigenvalue weighted by Crippen LogP contribution is 2.68. The molecule has 1 aliphatic heterocycles. The molecule has 0 bridgehead atoms. The summed E-state index contributed by atoms with van der Waals surface area (Å²) in [6, 6.07) is 0. The minimum atomic E-state index is -0.238. The summed E-state index contributed by atoms with van der Waals surface area (Å²) >= 11 is 0. The molecule has 5 aliphatic rings. The summed E-state index contributed by atoms with van der Waals surface area (Å²) in [6.45, 7) is 6.23. The van der Waals surface area contributed by atoms with Gasteiger partial charge in [-0.25, -0.2) is 0 Å². The molecule has 0 aromatic rings. The van der Waals surface area contributed by atoms with E-state index in [0.29, 0.717) is 18.3 Å². The molecule has 4 aliphatic carbocycles. The molecule has 0 radical (unpaired) electrons. The average molecular weight is 383 g/mol. The molecule has 0 aromatic heterocycles. The van der Waals surface area contributed by atoms with Gasteiger partial charge in [-0.15, -0.1) is 0 Å². The van der Waals surface area contributed by atoms with Crippen LogP contribution in [0.15, 0.2) is 35.1 Å². The maximum Gasteiger partial charge on any atom is 0.307 e. The first-order valence-corrected chi connectivity index (χ1v) is 10.8. The third-order valence-corrected chi connectivity index (χ3v) is 8.81. The Morgan fingerprint density at radius 2 is 1.86 bits per heavy atom. The van der Waals surface area contributed by atoms with Gasteiger partial charge in [-0.2, -0.15) is 0 Å². The van der Waals surface area contributed by atoms with Crippen LogP contribution in [0.5, 0.6) is 0 Å². The number of hydrogen-bond donors (Lipinski definition) is 0. The van der Waals surface area contributed by atoms with Gasteiger partial charge < -0.3 is 9.47 Å². The van der Waals surface area contributed by atoms with Gasteiger partial charge in [0, 0.05) is 25.2 Å². The third kappa shape index (κ3) is 2.29. The molecule has 0 amide bonds. The van der Waals surface area contributed by atoms with Crippen molar-refractivity contribution in [1.82, 2.24) is 0 Å². The molecule has 3 fully saturated rings. The van der Waals surface area contributed by atoms with Gasteiger partial charge in [-0.05, 0) is 67.4 Å². The van der Waals surface area contributed by atoms with Crippen molar-refractivity contribution in [2.75, 3.05) is 0 Å². The molecule has 4 heteroatoms. The number of carbonyl (C=O) groups excluding carboxylic acids is 2. The molecular weight excluding hydrogens is 352 g/mol. The molecule has 2 saturated carbocycles. The standard InChI is InChI=1S/C24H30O4/c1-15(25)27-17-6-10-22(2)16(14-17)4-5-18-19(22)7-11-23(3)20(18)8-12-24(23)13-9-21(26)28-24/h4-5,14,19-20H,6-13H2,1-3H3/t19-,20-,22-,23-,24+/m0/s1. The molecule has 4 nitrogen and oxygen atoms in total. The van der Waals surface area contributed by atoms with Crippen LogP contribution in [0, 0.1) is 22.7 Å². The fourth-order valence-electron chi connectivity index (χ4n) is 7.21. The number of esters is 2. The number of carbonyl (C=O) groups is 2. The molecule has 0 N–H and O–H groups in total. The van der Waals surface area contributed by atoms with E-state index >= 15 is 0 Å². The van der Waals surface area contributed by atoms with E-state index in [2.05, 4.69) is 32.1 Å². The van der Waals surface area contributed by atoms with Gasteiger partial charge in [0.2, 0.25) is 0 Å². The molecule has 1 spiro atoms. The van der Waals surface area contributed by atoms with Crippen molar-refractivity contribution in [2.24, 2.45) is 22.7 Å². The van der Waals surface area contributed by atoms with Crippen LogP contribution in [0.3, 0.4) is 0 Å². The fourth-order valence-corrected chi connectivity index (χ4v) is 7.21. The lowest BCUT2D eigenvalue weighted by atomic mass is 9.50. The van der Waals surface area contributed by atoms with E-state index in [1.165, 1.54) is 12.5 Å². The lowest BCUT2D eigenvalue weighted by Gasteiger charge is -2.55. The van der Waals surface area contributed by atoms with E-state index < -0.39 is 0 Å². The molecule has 28 heavy (non-hydrogen) atoms. The van der Waals surface area contributed by atoms with E-state index in [9.17, 15) is 9.59 Å². The monoisotopic (exact) mass is 382 g/mol. The summed E-state index contributed by atoms with van der Waals surface area (Å²) in [5.74, 6) is 1.59. The summed E-state index contributed by atoms with van der Waals surface area (Å²) in [6.07, 6.45) is 14.4. The van der Waals surface area contributed by atoms with E-state index in [1.807, 2.05) is 0 Å². The highest BCUT2D eigenvalue weighted by Gasteiger charge is 2.65. The SMILES string of the molecule is CC(=O)OC1=CC2=CC=C3[C@H](CC[C@@]4(C)[C@H]3CC[C@@]43CCC(=O)O3)[C@@]2(C)CC1. The predicted octanol–water partition coefficient (Wildman–Crippen LogP) is 5.00. The van der Waals surface area contributed by atoms with Gasteiger partial charge in [-0.1, -0.05) is 31.6 Å². The largest absolute Gasteiger partial charge is 0.458 e. The van der Waals surface area contributed by atoms with Crippen molar-refractivity contribution in [2.45, 2.75) is 77.7 Å². The van der Waals surface area contributed by atoms with Gasteiger partial charge >= 0.3 is 11.9 Å². The maximum atomic E-state index is 12.0. The van der Waals surface area contributed by atoms with Crippen LogP contribution >= 0.6 is 0 Å². The second-order valence-electron chi connectivity index (χ2n) is 9.98. The number of ether oxygens (including phenoxy) is 2. The zero-order valence-corrected chi connectivity index (χ0v) is 17.2. The van der Waals surface area contributed by atoms with Crippen LogP contribution < -0.4 is 0 Å². The Kier molecular flexibility index (Phi) is 3.80. The second kappa shape index (κ2) is 5.84. The van der Waals surface area contributed by atoms with Crippen LogP contribution in [-0.2, 0) is 19.1 Å². The summed E-state index contributed by atoms with van der Waals surface area (Å²) in [4.78, 5) is 23.3. The minimum absolute atomic E-state index is 0.00816. The van der Waals surface area contributed by atoms with Crippen molar-refractivity contribution in [3.8, 4) is 0 Å². The smallest absolute Gasteiger partial charge is 0.307 e. The van der Waals surface area contributed by atoms with E-state index in [1.54, 1.807) is 5.57 Å². The number of hydrogen-bond acceptors (Lipinski definition) is 4. The Bertz CT molecular complexity index is 849. The van der Waals surface area contributed by atoms with Crippen molar-refractivity contribution >= 4 is 11.9 Å². The fraction of sp³-hybridized carbons (Fsp3) is 0.667. The topological polar surface area (TPSA) is 52.6 Å². The Hall–Kier alpha value is -1.84. The van der Waals surface area contributed by atoms with Gasteiger partial charge in [0.05, 0.1) is 0 Å². The first kappa shape index (κ1) is 18.2. The molecule has 1 saturated heterocycles. The summed E-state index contributed by atoms with van der Waals surface area (Å²) < 4.78 is 11.4. The highest BCUT2D eigenvalue weighted by molar-refractivity contribution is 5.72. The Morgan fingerprint density at radius 1 is 1.07 bits per heavy atom. The summed E-state index contributed by atoms with van der Waals surface area (Å²) in [7, 11) is 0. The second-order valence-corrected chi connectivity index (χ2v) is 9.98. The molecule has 0 unspecified atom stereocenters. The lowest BCUT2D eigenvalue weighted by Crippen LogP contribution is -2.50. The normalized spacial score (nSPS) is 44.0. The quantitative estimate of drug-likeness (QED) is 0.599. The molecule has 5 rings (SSSR count). The Balaban J connectivity index is 1.50. The first-order chi connectivity index (χ1) is 13.3. The van der Waals surface area contributed by atoms with Crippen LogP contribution in [0.1, 0.15) is 72.1 Å². The van der Waals surface area contributed by atoms with Crippen molar-refractivity contribution < 1.29 is 19.1 Å². The zero-order chi connectivity index (χ0) is 19.7. The number of allylic oxidation sites excluding steroid dienone is 6. The van der Waals surface area contributed by atoms with Gasteiger partial charge in [-0.3, -0.25) is 9.59 Å². The third-order valence-electron chi connectivity index (χ3n) is 8.81. The van der Waals surface area contributed by atoms with Crippen LogP contribution in [0.25, 0.3) is 0 Å². The maximum absolute atomic E-state index is 12.0. The summed E-state index contributed by atoms with van der Waals surface area (Å²) in [5.41, 5.74) is 2.81. The number of rotatable bonds is 1. The molecule has 150 valence electrons. The zero-order valence-electron chi connectivity index (χ0n) is 17.2.